The van der Waals surface area contributed by atoms with Gasteiger partial charge in [-0.25, -0.2) is 0 Å². The lowest BCUT2D eigenvalue weighted by Gasteiger charge is -2.18. The van der Waals surface area contributed by atoms with Crippen molar-refractivity contribution in [2.24, 2.45) is 0 Å². The summed E-state index contributed by atoms with van der Waals surface area (Å²) in [6, 6.07) is 8.63. The Morgan fingerprint density at radius 3 is 2.68 bits per heavy atom. The third-order valence-electron chi connectivity index (χ3n) is 3.03. The minimum atomic E-state index is -0.406. The number of carbonyl (C=O) groups excluding carboxylic acids is 2. The standard InChI is InChI=1S/C15H14N2O4S/c18-14(9-11-2-1-7-22-11)16-17-15(19)10-3-4-12-13(8-10)21-6-5-20-12/h1-4,7-8H,5-6,9H2,(H,16,18)(H,17,19). The van der Waals surface area contributed by atoms with Gasteiger partial charge in [-0.15, -0.1) is 11.3 Å². The summed E-state index contributed by atoms with van der Waals surface area (Å²) in [5.41, 5.74) is 5.17. The molecule has 0 unspecified atom stereocenters. The Bertz CT molecular complexity index is 685. The zero-order valence-corrected chi connectivity index (χ0v) is 12.4. The van der Waals surface area contributed by atoms with Crippen molar-refractivity contribution >= 4 is 23.2 Å². The van der Waals surface area contributed by atoms with Crippen molar-refractivity contribution in [2.75, 3.05) is 13.2 Å². The highest BCUT2D eigenvalue weighted by Crippen LogP contribution is 2.30. The highest BCUT2D eigenvalue weighted by atomic mass is 32.1. The highest BCUT2D eigenvalue weighted by molar-refractivity contribution is 7.10. The van der Waals surface area contributed by atoms with Crippen molar-refractivity contribution in [3.05, 3.63) is 46.2 Å². The van der Waals surface area contributed by atoms with E-state index < -0.39 is 5.91 Å². The van der Waals surface area contributed by atoms with Crippen LogP contribution in [0, 0.1) is 0 Å². The Kier molecular flexibility index (Phi) is 4.24. The van der Waals surface area contributed by atoms with E-state index in [9.17, 15) is 9.59 Å². The third kappa shape index (κ3) is 3.37. The zero-order chi connectivity index (χ0) is 15.4. The fourth-order valence-electron chi connectivity index (χ4n) is 2.00. The number of thiophene rings is 1. The quantitative estimate of drug-likeness (QED) is 0.841. The van der Waals surface area contributed by atoms with Crippen LogP contribution in [0.1, 0.15) is 15.2 Å². The monoisotopic (exact) mass is 318 g/mol. The molecule has 3 rings (SSSR count). The molecule has 0 fully saturated rings. The molecule has 2 amide bonds. The summed E-state index contributed by atoms with van der Waals surface area (Å²) in [5, 5.41) is 1.90. The molecule has 2 heterocycles. The topological polar surface area (TPSA) is 76.7 Å². The summed E-state index contributed by atoms with van der Waals surface area (Å²) in [5.74, 6) is 0.471. The van der Waals surface area contributed by atoms with E-state index in [1.54, 1.807) is 18.2 Å². The highest BCUT2D eigenvalue weighted by Gasteiger charge is 2.15. The summed E-state index contributed by atoms with van der Waals surface area (Å²) < 4.78 is 10.8. The van der Waals surface area contributed by atoms with Crippen molar-refractivity contribution in [2.45, 2.75) is 6.42 Å². The van der Waals surface area contributed by atoms with Crippen LogP contribution in [0.2, 0.25) is 0 Å². The van der Waals surface area contributed by atoms with Crippen LogP contribution in [0.4, 0.5) is 0 Å². The van der Waals surface area contributed by atoms with Crippen LogP contribution in [0.3, 0.4) is 0 Å². The molecule has 2 N–H and O–H groups in total. The van der Waals surface area contributed by atoms with Gasteiger partial charge in [0.15, 0.2) is 11.5 Å². The molecule has 0 spiro atoms. The number of hydrazine groups is 1. The number of fused-ring (bicyclic) bond motifs is 1. The molecule has 6 nitrogen and oxygen atoms in total. The first-order chi connectivity index (χ1) is 10.7. The van der Waals surface area contributed by atoms with Crippen LogP contribution in [0.15, 0.2) is 35.7 Å². The van der Waals surface area contributed by atoms with Gasteiger partial charge < -0.3 is 9.47 Å². The van der Waals surface area contributed by atoms with E-state index in [2.05, 4.69) is 10.9 Å². The Hall–Kier alpha value is -2.54. The summed E-state index contributed by atoms with van der Waals surface area (Å²) in [6.07, 6.45) is 0.235. The third-order valence-corrected chi connectivity index (χ3v) is 3.91. The number of benzene rings is 1. The molecule has 22 heavy (non-hydrogen) atoms. The molecule has 0 saturated heterocycles. The molecular formula is C15H14N2O4S. The van der Waals surface area contributed by atoms with Gasteiger partial charge in [-0.3, -0.25) is 20.4 Å². The van der Waals surface area contributed by atoms with Gasteiger partial charge in [0, 0.05) is 10.4 Å². The molecule has 0 aliphatic carbocycles. The second-order valence-corrected chi connectivity index (χ2v) is 5.65. The van der Waals surface area contributed by atoms with Crippen LogP contribution in [0.5, 0.6) is 11.5 Å². The average Bonchev–Trinajstić information content (AvgIpc) is 3.05. The summed E-state index contributed by atoms with van der Waals surface area (Å²) in [7, 11) is 0. The number of hydrogen-bond donors (Lipinski definition) is 2. The van der Waals surface area contributed by atoms with Crippen molar-refractivity contribution < 1.29 is 19.1 Å². The number of hydrogen-bond acceptors (Lipinski definition) is 5. The number of carbonyl (C=O) groups is 2. The Balaban J connectivity index is 1.56. The summed E-state index contributed by atoms with van der Waals surface area (Å²) >= 11 is 1.49. The lowest BCUT2D eigenvalue weighted by Crippen LogP contribution is -2.42. The summed E-state index contributed by atoms with van der Waals surface area (Å²) in [6.45, 7) is 0.951. The number of amides is 2. The normalized spacial score (nSPS) is 12.5. The molecule has 7 heteroatoms. The minimum absolute atomic E-state index is 0.235. The van der Waals surface area contributed by atoms with E-state index in [-0.39, 0.29) is 12.3 Å². The van der Waals surface area contributed by atoms with Gasteiger partial charge >= 0.3 is 0 Å². The first-order valence-corrected chi connectivity index (χ1v) is 7.61. The predicted octanol–water partition coefficient (Wildman–Crippen LogP) is 1.52. The van der Waals surface area contributed by atoms with Gasteiger partial charge in [-0.05, 0) is 29.6 Å². The fourth-order valence-corrected chi connectivity index (χ4v) is 2.70. The molecule has 0 saturated carbocycles. The van der Waals surface area contributed by atoms with E-state index in [4.69, 9.17) is 9.47 Å². The maximum absolute atomic E-state index is 12.0. The number of ether oxygens (including phenoxy) is 2. The summed E-state index contributed by atoms with van der Waals surface area (Å²) in [4.78, 5) is 24.7. The maximum atomic E-state index is 12.0. The molecule has 1 aromatic carbocycles. The lowest BCUT2D eigenvalue weighted by atomic mass is 10.2. The molecule has 1 aliphatic rings. The van der Waals surface area contributed by atoms with E-state index in [1.165, 1.54) is 11.3 Å². The Labute approximate surface area is 131 Å². The molecule has 0 radical (unpaired) electrons. The largest absolute Gasteiger partial charge is 0.486 e. The van der Waals surface area contributed by atoms with E-state index in [0.29, 0.717) is 30.3 Å². The molecule has 0 atom stereocenters. The van der Waals surface area contributed by atoms with Crippen LogP contribution in [0.25, 0.3) is 0 Å². The maximum Gasteiger partial charge on any atom is 0.269 e. The van der Waals surface area contributed by atoms with Crippen molar-refractivity contribution in [3.63, 3.8) is 0 Å². The van der Waals surface area contributed by atoms with E-state index >= 15 is 0 Å². The van der Waals surface area contributed by atoms with Crippen LogP contribution in [-0.4, -0.2) is 25.0 Å². The van der Waals surface area contributed by atoms with Crippen molar-refractivity contribution in [1.82, 2.24) is 10.9 Å². The Morgan fingerprint density at radius 1 is 1.09 bits per heavy atom. The zero-order valence-electron chi connectivity index (χ0n) is 11.6. The van der Waals surface area contributed by atoms with E-state index in [1.807, 2.05) is 17.5 Å². The predicted molar refractivity (Wildman–Crippen MR) is 81.1 cm³/mol. The van der Waals surface area contributed by atoms with Gasteiger partial charge in [0.05, 0.1) is 6.42 Å². The van der Waals surface area contributed by atoms with Crippen LogP contribution in [-0.2, 0) is 11.2 Å². The molecule has 0 bridgehead atoms. The minimum Gasteiger partial charge on any atom is -0.486 e. The number of nitrogens with one attached hydrogen (secondary N) is 2. The van der Waals surface area contributed by atoms with Gasteiger partial charge in [0.25, 0.3) is 5.91 Å². The SMILES string of the molecule is O=C(Cc1cccs1)NNC(=O)c1ccc2c(c1)OCCO2. The molecular weight excluding hydrogens is 304 g/mol. The molecule has 2 aromatic rings. The van der Waals surface area contributed by atoms with Crippen LogP contribution >= 0.6 is 11.3 Å². The van der Waals surface area contributed by atoms with Crippen molar-refractivity contribution in [1.29, 1.82) is 0 Å². The first kappa shape index (κ1) is 14.4. The second kappa shape index (κ2) is 6.48. The van der Waals surface area contributed by atoms with Crippen molar-refractivity contribution in [3.8, 4) is 11.5 Å². The number of rotatable bonds is 3. The van der Waals surface area contributed by atoms with Gasteiger partial charge in [-0.2, -0.15) is 0 Å². The molecule has 1 aliphatic heterocycles. The fraction of sp³-hybridized carbons (Fsp3) is 0.200. The van der Waals surface area contributed by atoms with Gasteiger partial charge in [0.1, 0.15) is 13.2 Å². The Morgan fingerprint density at radius 2 is 1.91 bits per heavy atom. The van der Waals surface area contributed by atoms with E-state index in [0.717, 1.165) is 4.88 Å². The first-order valence-electron chi connectivity index (χ1n) is 6.73. The molecule has 1 aromatic heterocycles. The lowest BCUT2D eigenvalue weighted by molar-refractivity contribution is -0.121. The van der Waals surface area contributed by atoms with Crippen LogP contribution < -0.4 is 20.3 Å². The second-order valence-electron chi connectivity index (χ2n) is 4.62. The average molecular weight is 318 g/mol. The van der Waals surface area contributed by atoms with Gasteiger partial charge in [-0.1, -0.05) is 6.07 Å². The molecule has 114 valence electrons. The smallest absolute Gasteiger partial charge is 0.269 e. The van der Waals surface area contributed by atoms with Gasteiger partial charge in [0.2, 0.25) is 5.91 Å².